The second kappa shape index (κ2) is 10.3. The normalized spacial score (nSPS) is 10.8. The van der Waals surface area contributed by atoms with E-state index < -0.39 is 0 Å². The van der Waals surface area contributed by atoms with Crippen LogP contribution in [0.3, 0.4) is 0 Å². The molecule has 0 radical (unpaired) electrons. The van der Waals surface area contributed by atoms with E-state index in [1.807, 2.05) is 26.8 Å². The average molecular weight is 316 g/mol. The first-order valence-electron chi connectivity index (χ1n) is 7.95. The van der Waals surface area contributed by atoms with Crippen LogP contribution < -0.4 is 14.8 Å². The van der Waals surface area contributed by atoms with Gasteiger partial charge in [-0.15, -0.1) is 0 Å². The molecule has 0 aliphatic rings. The number of hydrogen-bond donors (Lipinski definition) is 1. The van der Waals surface area contributed by atoms with Crippen molar-refractivity contribution in [1.82, 2.24) is 5.32 Å². The molecule has 0 saturated heterocycles. The van der Waals surface area contributed by atoms with Crippen molar-refractivity contribution in [2.75, 3.05) is 19.8 Å². The van der Waals surface area contributed by atoms with Crippen LogP contribution in [0.4, 0.5) is 0 Å². The van der Waals surface area contributed by atoms with E-state index in [1.54, 1.807) is 24.3 Å². The van der Waals surface area contributed by atoms with Crippen molar-refractivity contribution >= 4 is 12.0 Å². The summed E-state index contributed by atoms with van der Waals surface area (Å²) in [6.45, 7) is 7.46. The minimum absolute atomic E-state index is 0.0766. The first-order chi connectivity index (χ1) is 11.2. The number of nitrogens with zero attached hydrogens (tertiary/aromatic N) is 1. The van der Waals surface area contributed by atoms with Crippen LogP contribution in [0.2, 0.25) is 0 Å². The molecule has 0 spiro atoms. The summed E-state index contributed by atoms with van der Waals surface area (Å²) in [5.74, 6) is 0.900. The van der Waals surface area contributed by atoms with Gasteiger partial charge in [-0.1, -0.05) is 19.4 Å². The fraction of sp³-hybridized carbons (Fsp3) is 0.444. The Hall–Kier alpha value is -2.48. The number of ether oxygens (including phenoxy) is 2. The number of nitriles is 1. The Kier molecular flexibility index (Phi) is 8.30. The van der Waals surface area contributed by atoms with Crippen LogP contribution in [0, 0.1) is 11.3 Å². The molecule has 0 aliphatic carbocycles. The lowest BCUT2D eigenvalue weighted by Gasteiger charge is -2.11. The Morgan fingerprint density at radius 2 is 1.91 bits per heavy atom. The number of unbranched alkanes of at least 4 members (excludes halogenated alkanes) is 1. The molecule has 23 heavy (non-hydrogen) atoms. The van der Waals surface area contributed by atoms with Crippen molar-refractivity contribution in [3.05, 3.63) is 29.3 Å². The Labute approximate surface area is 137 Å². The molecule has 0 aliphatic heterocycles. The summed E-state index contributed by atoms with van der Waals surface area (Å²) in [4.78, 5) is 12.0. The Morgan fingerprint density at radius 1 is 1.22 bits per heavy atom. The van der Waals surface area contributed by atoms with E-state index in [0.717, 1.165) is 18.4 Å². The van der Waals surface area contributed by atoms with Crippen molar-refractivity contribution < 1.29 is 14.3 Å². The van der Waals surface area contributed by atoms with Crippen LogP contribution in [0.25, 0.3) is 6.08 Å². The summed E-state index contributed by atoms with van der Waals surface area (Å²) >= 11 is 0. The van der Waals surface area contributed by atoms with Crippen molar-refractivity contribution in [2.45, 2.75) is 33.6 Å². The van der Waals surface area contributed by atoms with Gasteiger partial charge in [0, 0.05) is 6.54 Å². The summed E-state index contributed by atoms with van der Waals surface area (Å²) in [6, 6.07) is 7.29. The molecule has 5 heteroatoms. The van der Waals surface area contributed by atoms with Gasteiger partial charge in [0.2, 0.25) is 0 Å². The van der Waals surface area contributed by atoms with Crippen LogP contribution in [0.15, 0.2) is 23.8 Å². The third-order valence-electron chi connectivity index (χ3n) is 3.06. The second-order valence-corrected chi connectivity index (χ2v) is 4.85. The predicted molar refractivity (Wildman–Crippen MR) is 90.3 cm³/mol. The smallest absolute Gasteiger partial charge is 0.261 e. The lowest BCUT2D eigenvalue weighted by atomic mass is 10.1. The maximum Gasteiger partial charge on any atom is 0.261 e. The Bertz CT molecular complexity index is 588. The minimum atomic E-state index is -0.354. The zero-order valence-corrected chi connectivity index (χ0v) is 14.0. The van der Waals surface area contributed by atoms with Gasteiger partial charge in [-0.2, -0.15) is 5.26 Å². The largest absolute Gasteiger partial charge is 0.490 e. The highest BCUT2D eigenvalue weighted by molar-refractivity contribution is 6.01. The highest BCUT2D eigenvalue weighted by Crippen LogP contribution is 2.29. The fourth-order valence-corrected chi connectivity index (χ4v) is 1.95. The molecule has 5 nitrogen and oxygen atoms in total. The first-order valence-corrected chi connectivity index (χ1v) is 7.95. The van der Waals surface area contributed by atoms with Crippen molar-refractivity contribution in [3.8, 4) is 17.6 Å². The predicted octanol–water partition coefficient (Wildman–Crippen LogP) is 3.31. The van der Waals surface area contributed by atoms with E-state index in [4.69, 9.17) is 9.47 Å². The highest BCUT2D eigenvalue weighted by Gasteiger charge is 2.10. The molecule has 0 aromatic heterocycles. The van der Waals surface area contributed by atoms with Crippen LogP contribution in [-0.2, 0) is 4.79 Å². The van der Waals surface area contributed by atoms with E-state index in [0.29, 0.717) is 31.3 Å². The third kappa shape index (κ3) is 6.03. The van der Waals surface area contributed by atoms with Gasteiger partial charge >= 0.3 is 0 Å². The van der Waals surface area contributed by atoms with Gasteiger partial charge in [0.1, 0.15) is 11.6 Å². The van der Waals surface area contributed by atoms with Crippen molar-refractivity contribution in [2.24, 2.45) is 0 Å². The zero-order chi connectivity index (χ0) is 17.1. The quantitative estimate of drug-likeness (QED) is 0.431. The lowest BCUT2D eigenvalue weighted by molar-refractivity contribution is -0.117. The SMILES string of the molecule is CCCCNC(=O)/C(C#N)=C\c1ccc(OCC)c(OCC)c1. The van der Waals surface area contributed by atoms with E-state index in [9.17, 15) is 10.1 Å². The topological polar surface area (TPSA) is 71.4 Å². The van der Waals surface area contributed by atoms with E-state index in [-0.39, 0.29) is 11.5 Å². The number of carbonyl (C=O) groups is 1. The average Bonchev–Trinajstić information content (AvgIpc) is 2.55. The number of amides is 1. The van der Waals surface area contributed by atoms with Gasteiger partial charge in [-0.25, -0.2) is 0 Å². The molecule has 0 fully saturated rings. The number of benzene rings is 1. The van der Waals surface area contributed by atoms with Gasteiger partial charge in [-0.3, -0.25) is 4.79 Å². The van der Waals surface area contributed by atoms with Crippen LogP contribution >= 0.6 is 0 Å². The molecular weight excluding hydrogens is 292 g/mol. The Balaban J connectivity index is 2.97. The number of carbonyl (C=O) groups excluding carboxylic acids is 1. The van der Waals surface area contributed by atoms with Crippen molar-refractivity contribution in [3.63, 3.8) is 0 Å². The summed E-state index contributed by atoms with van der Waals surface area (Å²) in [5, 5.41) is 11.9. The minimum Gasteiger partial charge on any atom is -0.490 e. The van der Waals surface area contributed by atoms with E-state index in [1.165, 1.54) is 0 Å². The molecule has 0 bridgehead atoms. The van der Waals surface area contributed by atoms with Crippen LogP contribution in [0.5, 0.6) is 11.5 Å². The fourth-order valence-electron chi connectivity index (χ4n) is 1.95. The van der Waals surface area contributed by atoms with Gasteiger partial charge in [0.05, 0.1) is 13.2 Å². The summed E-state index contributed by atoms with van der Waals surface area (Å²) in [7, 11) is 0. The first kappa shape index (κ1) is 18.6. The molecule has 1 N–H and O–H groups in total. The number of nitrogens with one attached hydrogen (secondary N) is 1. The van der Waals surface area contributed by atoms with Crippen LogP contribution in [-0.4, -0.2) is 25.7 Å². The summed E-state index contributed by atoms with van der Waals surface area (Å²) in [5.41, 5.74) is 0.798. The molecule has 0 saturated carbocycles. The molecule has 0 unspecified atom stereocenters. The maximum atomic E-state index is 12.0. The second-order valence-electron chi connectivity index (χ2n) is 4.85. The lowest BCUT2D eigenvalue weighted by Crippen LogP contribution is -2.25. The molecule has 1 aromatic carbocycles. The monoisotopic (exact) mass is 316 g/mol. The van der Waals surface area contributed by atoms with Crippen LogP contribution in [0.1, 0.15) is 39.2 Å². The summed E-state index contributed by atoms with van der Waals surface area (Å²) in [6.07, 6.45) is 3.43. The molecular formula is C18H24N2O3. The molecule has 1 amide bonds. The Morgan fingerprint density at radius 3 is 2.52 bits per heavy atom. The molecule has 124 valence electrons. The molecule has 1 rings (SSSR count). The highest BCUT2D eigenvalue weighted by atomic mass is 16.5. The van der Waals surface area contributed by atoms with Gasteiger partial charge in [0.15, 0.2) is 11.5 Å². The summed E-state index contributed by atoms with van der Waals surface area (Å²) < 4.78 is 11.0. The van der Waals surface area contributed by atoms with Gasteiger partial charge in [0.25, 0.3) is 5.91 Å². The van der Waals surface area contributed by atoms with E-state index in [2.05, 4.69) is 5.32 Å². The van der Waals surface area contributed by atoms with Crippen molar-refractivity contribution in [1.29, 1.82) is 5.26 Å². The zero-order valence-electron chi connectivity index (χ0n) is 14.0. The molecule has 1 aromatic rings. The van der Waals surface area contributed by atoms with Gasteiger partial charge in [-0.05, 0) is 44.0 Å². The third-order valence-corrected chi connectivity index (χ3v) is 3.06. The van der Waals surface area contributed by atoms with E-state index >= 15 is 0 Å². The van der Waals surface area contributed by atoms with Gasteiger partial charge < -0.3 is 14.8 Å². The molecule has 0 heterocycles. The standard InChI is InChI=1S/C18H24N2O3/c1-4-7-10-20-18(21)15(13-19)11-14-8-9-16(22-5-2)17(12-14)23-6-3/h8-9,11-12H,4-7,10H2,1-3H3,(H,20,21)/b15-11-. The molecule has 0 atom stereocenters. The number of hydrogen-bond acceptors (Lipinski definition) is 4. The maximum absolute atomic E-state index is 12.0. The number of rotatable bonds is 9.